The number of H-pyrrole nitrogens is 1. The Morgan fingerprint density at radius 3 is 2.55 bits per heavy atom. The highest BCUT2D eigenvalue weighted by atomic mass is 32.1. The minimum Gasteiger partial charge on any atom is -0.306 e. The molecular weight excluding hydrogens is 424 g/mol. The van der Waals surface area contributed by atoms with Gasteiger partial charge in [-0.25, -0.2) is 13.8 Å². The number of anilines is 1. The van der Waals surface area contributed by atoms with Gasteiger partial charge in [-0.1, -0.05) is 26.0 Å². The van der Waals surface area contributed by atoms with Gasteiger partial charge in [-0.3, -0.25) is 14.6 Å². The van der Waals surface area contributed by atoms with E-state index in [4.69, 9.17) is 0 Å². The first-order chi connectivity index (χ1) is 14.8. The molecule has 3 aromatic heterocycles. The highest BCUT2D eigenvalue weighted by Gasteiger charge is 2.21. The topological polar surface area (TPSA) is 92.7 Å². The molecule has 1 amide bonds. The zero-order chi connectivity index (χ0) is 22.1. The van der Waals surface area contributed by atoms with Crippen LogP contribution in [0.3, 0.4) is 0 Å². The van der Waals surface area contributed by atoms with Gasteiger partial charge in [0, 0.05) is 12.1 Å². The molecule has 0 spiro atoms. The van der Waals surface area contributed by atoms with Crippen LogP contribution < -0.4 is 10.9 Å². The molecule has 0 unspecified atom stereocenters. The van der Waals surface area contributed by atoms with Gasteiger partial charge in [0.1, 0.15) is 28.7 Å². The molecule has 0 radical (unpaired) electrons. The second-order valence-electron chi connectivity index (χ2n) is 7.00. The predicted octanol–water partition coefficient (Wildman–Crippen LogP) is 4.34. The maximum absolute atomic E-state index is 14.1. The summed E-state index contributed by atoms with van der Waals surface area (Å²) in [5.41, 5.74) is -0.0779. The lowest BCUT2D eigenvalue weighted by Gasteiger charge is -2.11. The van der Waals surface area contributed by atoms with Crippen molar-refractivity contribution in [3.63, 3.8) is 0 Å². The van der Waals surface area contributed by atoms with E-state index in [1.807, 2.05) is 31.4 Å². The van der Waals surface area contributed by atoms with Gasteiger partial charge in [0.2, 0.25) is 5.95 Å². The van der Waals surface area contributed by atoms with Crippen LogP contribution in [0.4, 0.5) is 14.6 Å². The highest BCUT2D eigenvalue weighted by molar-refractivity contribution is 7.13. The van der Waals surface area contributed by atoms with Crippen molar-refractivity contribution in [2.45, 2.75) is 19.8 Å². The number of hydrogen-bond acceptors (Lipinski definition) is 5. The van der Waals surface area contributed by atoms with Crippen LogP contribution in [0.2, 0.25) is 0 Å². The number of carbonyl (C=O) groups is 1. The molecule has 0 fully saturated rings. The van der Waals surface area contributed by atoms with Crippen LogP contribution in [0.1, 0.15) is 35.8 Å². The lowest BCUT2D eigenvalue weighted by atomic mass is 10.1. The van der Waals surface area contributed by atoms with Crippen LogP contribution in [0.5, 0.6) is 0 Å². The van der Waals surface area contributed by atoms with E-state index in [1.54, 1.807) is 6.07 Å². The van der Waals surface area contributed by atoms with E-state index in [2.05, 4.69) is 20.4 Å². The molecule has 10 heteroatoms. The zero-order valence-corrected chi connectivity index (χ0v) is 17.3. The van der Waals surface area contributed by atoms with Crippen molar-refractivity contribution in [1.29, 1.82) is 0 Å². The van der Waals surface area contributed by atoms with Crippen molar-refractivity contribution in [3.05, 3.63) is 81.1 Å². The number of hydrogen-bond donors (Lipinski definition) is 2. The molecule has 0 atom stereocenters. The molecule has 0 bridgehead atoms. The fourth-order valence-corrected chi connectivity index (χ4v) is 3.61. The van der Waals surface area contributed by atoms with E-state index in [1.165, 1.54) is 28.2 Å². The number of halogens is 2. The Labute approximate surface area is 179 Å². The third-order valence-corrected chi connectivity index (χ3v) is 5.35. The summed E-state index contributed by atoms with van der Waals surface area (Å²) in [6.07, 6.45) is 0. The summed E-state index contributed by atoms with van der Waals surface area (Å²) in [7, 11) is 0. The minimum absolute atomic E-state index is 0.0288. The number of amides is 1. The lowest BCUT2D eigenvalue weighted by molar-refractivity contribution is 0.101. The number of nitrogens with zero attached hydrogens (tertiary/aromatic N) is 3. The van der Waals surface area contributed by atoms with E-state index < -0.39 is 23.1 Å². The van der Waals surface area contributed by atoms with Crippen molar-refractivity contribution in [2.24, 2.45) is 0 Å². The average Bonchev–Trinajstić information content (AvgIpc) is 3.37. The van der Waals surface area contributed by atoms with Crippen molar-refractivity contribution < 1.29 is 13.6 Å². The summed E-state index contributed by atoms with van der Waals surface area (Å²) < 4.78 is 29.4. The smallest absolute Gasteiger partial charge is 0.262 e. The van der Waals surface area contributed by atoms with Gasteiger partial charge in [-0.15, -0.1) is 11.3 Å². The summed E-state index contributed by atoms with van der Waals surface area (Å²) in [6.45, 7) is 3.77. The maximum Gasteiger partial charge on any atom is 0.262 e. The van der Waals surface area contributed by atoms with Crippen LogP contribution >= 0.6 is 11.3 Å². The Balaban J connectivity index is 1.82. The van der Waals surface area contributed by atoms with Crippen LogP contribution in [0, 0.1) is 11.6 Å². The fraction of sp³-hybridized carbons (Fsp3) is 0.143. The number of aromatic amines is 1. The number of nitrogens with one attached hydrogen (secondary N) is 2. The third kappa shape index (κ3) is 4.15. The quantitative estimate of drug-likeness (QED) is 0.482. The highest BCUT2D eigenvalue weighted by Crippen LogP contribution is 2.28. The molecule has 0 aliphatic carbocycles. The van der Waals surface area contributed by atoms with Crippen molar-refractivity contribution >= 4 is 23.1 Å². The Morgan fingerprint density at radius 2 is 1.90 bits per heavy atom. The van der Waals surface area contributed by atoms with Crippen molar-refractivity contribution in [1.82, 2.24) is 19.7 Å². The summed E-state index contributed by atoms with van der Waals surface area (Å²) in [5, 5.41) is 8.79. The molecule has 2 N–H and O–H groups in total. The second kappa shape index (κ2) is 8.23. The fourth-order valence-electron chi connectivity index (χ4n) is 2.93. The molecule has 7 nitrogen and oxygen atoms in total. The SMILES string of the molecule is CC(C)c1cc(=O)[nH]c(-n2nc(-c3cccs3)cc2NC(=O)c2c(F)cccc2F)n1. The van der Waals surface area contributed by atoms with Crippen LogP contribution in [0.15, 0.2) is 52.6 Å². The molecule has 0 saturated carbocycles. The molecule has 3 heterocycles. The first-order valence-corrected chi connectivity index (χ1v) is 10.2. The normalized spacial score (nSPS) is 11.1. The molecule has 0 aliphatic heterocycles. The van der Waals surface area contributed by atoms with Gasteiger partial charge in [0.15, 0.2) is 0 Å². The van der Waals surface area contributed by atoms with Crippen LogP contribution in [-0.4, -0.2) is 25.7 Å². The van der Waals surface area contributed by atoms with Crippen molar-refractivity contribution in [3.8, 4) is 16.5 Å². The van der Waals surface area contributed by atoms with E-state index in [0.29, 0.717) is 11.4 Å². The first kappa shape index (κ1) is 20.6. The van der Waals surface area contributed by atoms with Gasteiger partial charge in [0.05, 0.1) is 10.6 Å². The van der Waals surface area contributed by atoms with Crippen LogP contribution in [0.25, 0.3) is 16.5 Å². The Kier molecular flexibility index (Phi) is 5.47. The van der Waals surface area contributed by atoms with Gasteiger partial charge < -0.3 is 5.32 Å². The monoisotopic (exact) mass is 441 g/mol. The Bertz CT molecular complexity index is 1290. The predicted molar refractivity (Wildman–Crippen MR) is 114 cm³/mol. The van der Waals surface area contributed by atoms with Gasteiger partial charge in [-0.05, 0) is 29.5 Å². The van der Waals surface area contributed by atoms with Gasteiger partial charge in [0.25, 0.3) is 11.5 Å². The number of carbonyl (C=O) groups excluding carboxylic acids is 1. The largest absolute Gasteiger partial charge is 0.306 e. The van der Waals surface area contributed by atoms with E-state index in [-0.39, 0.29) is 23.2 Å². The van der Waals surface area contributed by atoms with Gasteiger partial charge in [-0.2, -0.15) is 9.78 Å². The van der Waals surface area contributed by atoms with Crippen molar-refractivity contribution in [2.75, 3.05) is 5.32 Å². The molecule has 4 aromatic rings. The third-order valence-electron chi connectivity index (χ3n) is 4.46. The standard InChI is InChI=1S/C21H17F2N5O2S/c1-11(2)14-10-18(29)26-21(24-14)28-17(9-15(27-28)16-7-4-8-31-16)25-20(30)19-12(22)5-3-6-13(19)23/h3-11H,1-2H3,(H,25,30)(H,24,26,29). The molecular formula is C21H17F2N5O2S. The summed E-state index contributed by atoms with van der Waals surface area (Å²) >= 11 is 1.42. The zero-order valence-electron chi connectivity index (χ0n) is 16.5. The molecule has 0 aliphatic rings. The minimum atomic E-state index is -0.990. The number of thiophene rings is 1. The Morgan fingerprint density at radius 1 is 1.16 bits per heavy atom. The van der Waals surface area contributed by atoms with E-state index in [0.717, 1.165) is 17.0 Å². The van der Waals surface area contributed by atoms with E-state index in [9.17, 15) is 18.4 Å². The second-order valence-corrected chi connectivity index (χ2v) is 7.95. The first-order valence-electron chi connectivity index (χ1n) is 9.34. The summed E-state index contributed by atoms with van der Waals surface area (Å²) in [5.74, 6) is -2.83. The number of rotatable bonds is 5. The average molecular weight is 441 g/mol. The molecule has 31 heavy (non-hydrogen) atoms. The van der Waals surface area contributed by atoms with Gasteiger partial charge >= 0.3 is 0 Å². The molecule has 158 valence electrons. The Hall–Kier alpha value is -3.66. The van der Waals surface area contributed by atoms with Crippen LogP contribution in [-0.2, 0) is 0 Å². The number of benzene rings is 1. The molecule has 0 saturated heterocycles. The molecule has 4 rings (SSSR count). The molecule has 1 aromatic carbocycles. The lowest BCUT2D eigenvalue weighted by Crippen LogP contribution is -2.21. The van der Waals surface area contributed by atoms with E-state index >= 15 is 0 Å². The summed E-state index contributed by atoms with van der Waals surface area (Å²) in [6, 6.07) is 9.77. The number of aromatic nitrogens is 4. The maximum atomic E-state index is 14.1. The summed E-state index contributed by atoms with van der Waals surface area (Å²) in [4.78, 5) is 32.6.